The number of benzene rings is 1. The Labute approximate surface area is 91.1 Å². The second kappa shape index (κ2) is 6.43. The lowest BCUT2D eigenvalue weighted by Crippen LogP contribution is -2.17. The number of methoxy groups -OCH3 is 1. The van der Waals surface area contributed by atoms with Crippen LogP contribution in [0.3, 0.4) is 0 Å². The van der Waals surface area contributed by atoms with Gasteiger partial charge in [-0.2, -0.15) is 0 Å². The molecule has 0 saturated heterocycles. The second-order valence-corrected chi connectivity index (χ2v) is 3.68. The quantitative estimate of drug-likeness (QED) is 0.753. The smallest absolute Gasteiger partial charge is 0.0681 e. The fourth-order valence-corrected chi connectivity index (χ4v) is 1.36. The van der Waals surface area contributed by atoms with E-state index < -0.39 is 0 Å². The maximum Gasteiger partial charge on any atom is 0.0681 e. The molecular weight excluding hydrogens is 190 g/mol. The summed E-state index contributed by atoms with van der Waals surface area (Å²) in [5, 5.41) is 12.3. The molecule has 0 amide bonds. The maximum atomic E-state index is 8.89. The molecule has 1 atom stereocenters. The lowest BCUT2D eigenvalue weighted by atomic mass is 10.2. The Hall–Kier alpha value is -1.06. The third-order valence-electron chi connectivity index (χ3n) is 2.30. The van der Waals surface area contributed by atoms with Crippen LogP contribution in [0.15, 0.2) is 24.3 Å². The molecular formula is C12H19NO2. The molecule has 3 heteroatoms. The lowest BCUT2D eigenvalue weighted by Gasteiger charge is -2.14. The molecule has 15 heavy (non-hydrogen) atoms. The zero-order valence-electron chi connectivity index (χ0n) is 9.36. The predicted molar refractivity (Wildman–Crippen MR) is 61.9 cm³/mol. The third kappa shape index (κ3) is 4.32. The minimum atomic E-state index is 0.0967. The number of anilines is 1. The standard InChI is InChI=1S/C12H19NO2/c1-10(7-8-15-2)13-12-5-3-11(9-14)4-6-12/h3-6,10,13-14H,7-9H2,1-2H3. The summed E-state index contributed by atoms with van der Waals surface area (Å²) >= 11 is 0. The summed E-state index contributed by atoms with van der Waals surface area (Å²) < 4.78 is 5.01. The van der Waals surface area contributed by atoms with E-state index in [0.29, 0.717) is 6.04 Å². The van der Waals surface area contributed by atoms with Crippen molar-refractivity contribution in [1.82, 2.24) is 0 Å². The van der Waals surface area contributed by atoms with Crippen molar-refractivity contribution in [2.75, 3.05) is 19.0 Å². The van der Waals surface area contributed by atoms with Crippen molar-refractivity contribution in [1.29, 1.82) is 0 Å². The van der Waals surface area contributed by atoms with E-state index in [1.54, 1.807) is 7.11 Å². The Balaban J connectivity index is 2.42. The highest BCUT2D eigenvalue weighted by molar-refractivity contribution is 5.45. The average Bonchev–Trinajstić information content (AvgIpc) is 2.27. The van der Waals surface area contributed by atoms with Crippen molar-refractivity contribution in [3.05, 3.63) is 29.8 Å². The SMILES string of the molecule is COCCC(C)Nc1ccc(CO)cc1. The summed E-state index contributed by atoms with van der Waals surface area (Å²) in [6.07, 6.45) is 0.984. The molecule has 0 bridgehead atoms. The highest BCUT2D eigenvalue weighted by Gasteiger charge is 2.01. The molecule has 0 aromatic heterocycles. The monoisotopic (exact) mass is 209 g/mol. The molecule has 1 aromatic carbocycles. The second-order valence-electron chi connectivity index (χ2n) is 3.68. The maximum absolute atomic E-state index is 8.89. The van der Waals surface area contributed by atoms with Gasteiger partial charge in [0.2, 0.25) is 0 Å². The molecule has 2 N–H and O–H groups in total. The van der Waals surface area contributed by atoms with Gasteiger partial charge in [0.25, 0.3) is 0 Å². The van der Waals surface area contributed by atoms with Crippen LogP contribution >= 0.6 is 0 Å². The van der Waals surface area contributed by atoms with Gasteiger partial charge in [-0.05, 0) is 31.0 Å². The van der Waals surface area contributed by atoms with Crippen molar-refractivity contribution >= 4 is 5.69 Å². The van der Waals surface area contributed by atoms with Gasteiger partial charge in [-0.3, -0.25) is 0 Å². The number of hydrogen-bond acceptors (Lipinski definition) is 3. The number of aliphatic hydroxyl groups is 1. The molecule has 0 fully saturated rings. The zero-order chi connectivity index (χ0) is 11.1. The number of rotatable bonds is 6. The molecule has 1 unspecified atom stereocenters. The van der Waals surface area contributed by atoms with Gasteiger partial charge in [-0.1, -0.05) is 12.1 Å². The van der Waals surface area contributed by atoms with Crippen LogP contribution in [0.2, 0.25) is 0 Å². The van der Waals surface area contributed by atoms with Crippen molar-refractivity contribution in [3.8, 4) is 0 Å². The first-order valence-electron chi connectivity index (χ1n) is 5.21. The normalized spacial score (nSPS) is 12.5. The Kier molecular flexibility index (Phi) is 5.15. The van der Waals surface area contributed by atoms with Gasteiger partial charge >= 0.3 is 0 Å². The van der Waals surface area contributed by atoms with Crippen molar-refractivity contribution < 1.29 is 9.84 Å². The minimum absolute atomic E-state index is 0.0967. The van der Waals surface area contributed by atoms with E-state index >= 15 is 0 Å². The van der Waals surface area contributed by atoms with Crippen LogP contribution in [0.5, 0.6) is 0 Å². The number of hydrogen-bond donors (Lipinski definition) is 2. The van der Waals surface area contributed by atoms with E-state index in [1.807, 2.05) is 24.3 Å². The molecule has 3 nitrogen and oxygen atoms in total. The summed E-state index contributed by atoms with van der Waals surface area (Å²) in [7, 11) is 1.71. The molecule has 1 aromatic rings. The van der Waals surface area contributed by atoms with Crippen molar-refractivity contribution in [2.24, 2.45) is 0 Å². The lowest BCUT2D eigenvalue weighted by molar-refractivity contribution is 0.191. The van der Waals surface area contributed by atoms with Gasteiger partial charge in [0.1, 0.15) is 0 Å². The molecule has 0 spiro atoms. The molecule has 0 aliphatic heterocycles. The van der Waals surface area contributed by atoms with Crippen LogP contribution < -0.4 is 5.32 Å². The van der Waals surface area contributed by atoms with Crippen LogP contribution in [0.4, 0.5) is 5.69 Å². The predicted octanol–water partition coefficient (Wildman–Crippen LogP) is 2.02. The van der Waals surface area contributed by atoms with Crippen molar-refractivity contribution in [3.63, 3.8) is 0 Å². The first-order chi connectivity index (χ1) is 7.26. The van der Waals surface area contributed by atoms with Crippen LogP contribution in [0, 0.1) is 0 Å². The first kappa shape index (κ1) is 12.0. The van der Waals surface area contributed by atoms with E-state index in [1.165, 1.54) is 0 Å². The largest absolute Gasteiger partial charge is 0.392 e. The van der Waals surface area contributed by atoms with Crippen molar-refractivity contribution in [2.45, 2.75) is 26.0 Å². The van der Waals surface area contributed by atoms with Gasteiger partial charge in [-0.25, -0.2) is 0 Å². The van der Waals surface area contributed by atoms with E-state index in [0.717, 1.165) is 24.3 Å². The van der Waals surface area contributed by atoms with E-state index in [4.69, 9.17) is 9.84 Å². The zero-order valence-corrected chi connectivity index (χ0v) is 9.36. The summed E-state index contributed by atoms with van der Waals surface area (Å²) in [4.78, 5) is 0. The highest BCUT2D eigenvalue weighted by atomic mass is 16.5. The highest BCUT2D eigenvalue weighted by Crippen LogP contribution is 2.11. The minimum Gasteiger partial charge on any atom is -0.392 e. The van der Waals surface area contributed by atoms with Gasteiger partial charge in [0.05, 0.1) is 6.61 Å². The average molecular weight is 209 g/mol. The van der Waals surface area contributed by atoms with Crippen LogP contribution in [0.1, 0.15) is 18.9 Å². The van der Waals surface area contributed by atoms with Gasteiger partial charge in [0, 0.05) is 25.4 Å². The van der Waals surface area contributed by atoms with E-state index in [9.17, 15) is 0 Å². The molecule has 0 aliphatic carbocycles. The van der Waals surface area contributed by atoms with E-state index in [2.05, 4.69) is 12.2 Å². The molecule has 1 rings (SSSR count). The first-order valence-corrected chi connectivity index (χ1v) is 5.21. The van der Waals surface area contributed by atoms with Crippen LogP contribution in [-0.4, -0.2) is 24.9 Å². The number of nitrogens with one attached hydrogen (secondary N) is 1. The Morgan fingerprint density at radius 1 is 1.33 bits per heavy atom. The molecule has 0 saturated carbocycles. The summed E-state index contributed by atoms with van der Waals surface area (Å²) in [5.74, 6) is 0. The topological polar surface area (TPSA) is 41.5 Å². The Morgan fingerprint density at radius 3 is 2.53 bits per heavy atom. The fraction of sp³-hybridized carbons (Fsp3) is 0.500. The Bertz CT molecular complexity index is 271. The molecule has 0 heterocycles. The summed E-state index contributed by atoms with van der Waals surface area (Å²) in [6, 6.07) is 8.20. The molecule has 0 radical (unpaired) electrons. The van der Waals surface area contributed by atoms with Gasteiger partial charge in [-0.15, -0.1) is 0 Å². The Morgan fingerprint density at radius 2 is 2.00 bits per heavy atom. The number of ether oxygens (including phenoxy) is 1. The van der Waals surface area contributed by atoms with E-state index in [-0.39, 0.29) is 6.61 Å². The van der Waals surface area contributed by atoms with Gasteiger partial charge < -0.3 is 15.2 Å². The van der Waals surface area contributed by atoms with Crippen LogP contribution in [0.25, 0.3) is 0 Å². The fourth-order valence-electron chi connectivity index (χ4n) is 1.36. The summed E-state index contributed by atoms with van der Waals surface area (Å²) in [5.41, 5.74) is 2.01. The third-order valence-corrected chi connectivity index (χ3v) is 2.30. The van der Waals surface area contributed by atoms with Crippen LogP contribution in [-0.2, 0) is 11.3 Å². The van der Waals surface area contributed by atoms with Gasteiger partial charge in [0.15, 0.2) is 0 Å². The molecule has 84 valence electrons. The summed E-state index contributed by atoms with van der Waals surface area (Å²) in [6.45, 7) is 2.99. The number of aliphatic hydroxyl groups excluding tert-OH is 1. The molecule has 0 aliphatic rings.